The number of esters is 2. The number of non-ortho nitro benzene ring substituents is 1. The summed E-state index contributed by atoms with van der Waals surface area (Å²) in [4.78, 5) is 64.1. The average molecular weight is 580 g/mol. The molecule has 11 nitrogen and oxygen atoms in total. The molecule has 2 aromatic carbocycles. The van der Waals surface area contributed by atoms with E-state index < -0.39 is 22.8 Å². The quantitative estimate of drug-likeness (QED) is 0.136. The third kappa shape index (κ3) is 6.02. The minimum absolute atomic E-state index is 0.0710. The van der Waals surface area contributed by atoms with E-state index in [9.17, 15) is 29.3 Å². The molecule has 2 aliphatic rings. The Morgan fingerprint density at radius 2 is 1.59 bits per heavy atom. The van der Waals surface area contributed by atoms with E-state index in [0.717, 1.165) is 0 Å². The van der Waals surface area contributed by atoms with E-state index in [2.05, 4.69) is 5.32 Å². The summed E-state index contributed by atoms with van der Waals surface area (Å²) in [6, 6.07) is 12.4. The number of nitro benzene ring substituents is 1. The monoisotopic (exact) mass is 579 g/mol. The summed E-state index contributed by atoms with van der Waals surface area (Å²) in [5.41, 5.74) is 2.08. The van der Waals surface area contributed by atoms with Gasteiger partial charge in [-0.25, -0.2) is 9.59 Å². The summed E-state index contributed by atoms with van der Waals surface area (Å²) in [6.45, 7) is 5.31. The van der Waals surface area contributed by atoms with Gasteiger partial charge in [-0.05, 0) is 38.5 Å². The lowest BCUT2D eigenvalue weighted by atomic mass is 9.80. The van der Waals surface area contributed by atoms with Crippen molar-refractivity contribution in [2.24, 2.45) is 0 Å². The van der Waals surface area contributed by atoms with Gasteiger partial charge in [-0.15, -0.1) is 0 Å². The summed E-state index contributed by atoms with van der Waals surface area (Å²) >= 11 is 1.37. The fraction of sp³-hybridized carbons (Fsp3) is 0.310. The molecule has 41 heavy (non-hydrogen) atoms. The van der Waals surface area contributed by atoms with Crippen LogP contribution in [0.4, 0.5) is 5.69 Å². The number of nitro groups is 1. The van der Waals surface area contributed by atoms with E-state index in [1.165, 1.54) is 34.9 Å². The Labute approximate surface area is 240 Å². The number of hydrogen-bond donors (Lipinski definition) is 1. The van der Waals surface area contributed by atoms with Crippen LogP contribution < -0.4 is 5.32 Å². The van der Waals surface area contributed by atoms with Crippen molar-refractivity contribution >= 4 is 41.2 Å². The number of carbonyl (C=O) groups excluding carboxylic acids is 4. The molecule has 0 fully saturated rings. The first-order chi connectivity index (χ1) is 19.7. The number of amides is 2. The van der Waals surface area contributed by atoms with E-state index >= 15 is 0 Å². The van der Waals surface area contributed by atoms with Crippen LogP contribution in [0.2, 0.25) is 0 Å². The number of nitrogens with one attached hydrogen (secondary N) is 1. The molecular weight excluding hydrogens is 550 g/mol. The molecule has 2 aromatic rings. The smallest absolute Gasteiger partial charge is 0.336 e. The average Bonchev–Trinajstić information content (AvgIpc) is 3.19. The fourth-order valence-corrected chi connectivity index (χ4v) is 5.75. The van der Waals surface area contributed by atoms with Gasteiger partial charge in [0.05, 0.1) is 46.3 Å². The van der Waals surface area contributed by atoms with E-state index in [0.29, 0.717) is 33.8 Å². The van der Waals surface area contributed by atoms with Gasteiger partial charge in [0.25, 0.3) is 17.5 Å². The highest BCUT2D eigenvalue weighted by atomic mass is 32.2. The molecule has 0 aliphatic carbocycles. The van der Waals surface area contributed by atoms with Gasteiger partial charge in [-0.2, -0.15) is 11.8 Å². The Morgan fingerprint density at radius 3 is 2.17 bits per heavy atom. The van der Waals surface area contributed by atoms with Crippen LogP contribution in [0, 0.1) is 10.1 Å². The Morgan fingerprint density at radius 1 is 0.976 bits per heavy atom. The molecule has 4 rings (SSSR count). The second kappa shape index (κ2) is 12.8. The molecule has 2 aliphatic heterocycles. The van der Waals surface area contributed by atoms with Crippen LogP contribution in [0.5, 0.6) is 0 Å². The molecule has 2 heterocycles. The van der Waals surface area contributed by atoms with Crippen LogP contribution in [0.15, 0.2) is 71.1 Å². The van der Waals surface area contributed by atoms with Crippen molar-refractivity contribution in [2.75, 3.05) is 31.3 Å². The highest BCUT2D eigenvalue weighted by Crippen LogP contribution is 2.41. The van der Waals surface area contributed by atoms with E-state index in [4.69, 9.17) is 9.47 Å². The molecule has 1 N–H and O–H groups in total. The van der Waals surface area contributed by atoms with E-state index in [-0.39, 0.29) is 54.2 Å². The third-order valence-electron chi connectivity index (χ3n) is 6.63. The predicted molar refractivity (Wildman–Crippen MR) is 151 cm³/mol. The summed E-state index contributed by atoms with van der Waals surface area (Å²) in [5, 5.41) is 14.7. The number of allylic oxidation sites excluding steroid dienone is 1. The molecular formula is C29H29N3O8S. The summed E-state index contributed by atoms with van der Waals surface area (Å²) < 4.78 is 10.7. The van der Waals surface area contributed by atoms with E-state index in [1.807, 2.05) is 0 Å². The van der Waals surface area contributed by atoms with Crippen molar-refractivity contribution in [3.05, 3.63) is 97.9 Å². The highest BCUT2D eigenvalue weighted by Gasteiger charge is 2.39. The second-order valence-corrected chi connectivity index (χ2v) is 10.2. The van der Waals surface area contributed by atoms with Crippen molar-refractivity contribution in [1.29, 1.82) is 0 Å². The number of imide groups is 1. The predicted octanol–water partition coefficient (Wildman–Crippen LogP) is 3.97. The largest absolute Gasteiger partial charge is 0.463 e. The van der Waals surface area contributed by atoms with Crippen LogP contribution >= 0.6 is 11.8 Å². The Kier molecular flexibility index (Phi) is 9.23. The van der Waals surface area contributed by atoms with E-state index in [1.54, 1.807) is 51.1 Å². The topological polar surface area (TPSA) is 145 Å². The van der Waals surface area contributed by atoms with Gasteiger partial charge >= 0.3 is 11.9 Å². The minimum atomic E-state index is -0.985. The third-order valence-corrected chi connectivity index (χ3v) is 7.60. The van der Waals surface area contributed by atoms with Crippen LogP contribution in [-0.2, 0) is 19.1 Å². The normalized spacial score (nSPS) is 16.5. The van der Waals surface area contributed by atoms with Crippen molar-refractivity contribution in [1.82, 2.24) is 10.2 Å². The molecule has 0 saturated carbocycles. The first-order valence-electron chi connectivity index (χ1n) is 13.0. The molecule has 1 unspecified atom stereocenters. The summed E-state index contributed by atoms with van der Waals surface area (Å²) in [7, 11) is 0. The lowest BCUT2D eigenvalue weighted by Crippen LogP contribution is -2.34. The molecule has 0 spiro atoms. The number of thioether (sulfide) groups is 1. The molecule has 2 amide bonds. The summed E-state index contributed by atoms with van der Waals surface area (Å²) in [6.07, 6.45) is 0. The lowest BCUT2D eigenvalue weighted by Gasteiger charge is -2.31. The number of dihydropyridines is 1. The maximum Gasteiger partial charge on any atom is 0.336 e. The van der Waals surface area contributed by atoms with Crippen LogP contribution in [0.1, 0.15) is 53.0 Å². The van der Waals surface area contributed by atoms with Crippen molar-refractivity contribution in [3.8, 4) is 0 Å². The Bertz CT molecular complexity index is 1450. The van der Waals surface area contributed by atoms with Gasteiger partial charge in [0, 0.05) is 41.6 Å². The zero-order chi connectivity index (χ0) is 29.7. The molecule has 0 saturated heterocycles. The maximum absolute atomic E-state index is 13.4. The lowest BCUT2D eigenvalue weighted by molar-refractivity contribution is -0.384. The Balaban J connectivity index is 1.64. The standard InChI is InChI=1S/C29H29N3O8S/c1-4-39-28(35)23-17(3)30-22(16-41-14-13-31-26(33)20-11-6-7-12-21(20)27(31)34)25(29(36)40-5-2)24(23)18-9-8-10-19(15-18)32(37)38/h6-12,15,24,30H,4-5,13-14,16H2,1-3H3. The van der Waals surface area contributed by atoms with Crippen LogP contribution in [0.3, 0.4) is 0 Å². The number of benzene rings is 2. The number of carbonyl (C=O) groups is 4. The van der Waals surface area contributed by atoms with Gasteiger partial charge in [-0.1, -0.05) is 24.3 Å². The molecule has 0 aromatic heterocycles. The van der Waals surface area contributed by atoms with Gasteiger partial charge in [0.15, 0.2) is 0 Å². The first kappa shape index (κ1) is 29.5. The van der Waals surface area contributed by atoms with Crippen molar-refractivity contribution < 1.29 is 33.6 Å². The Hall–Kier alpha value is -4.45. The zero-order valence-corrected chi connectivity index (χ0v) is 23.6. The van der Waals surface area contributed by atoms with Crippen molar-refractivity contribution in [2.45, 2.75) is 26.7 Å². The van der Waals surface area contributed by atoms with Crippen molar-refractivity contribution in [3.63, 3.8) is 0 Å². The van der Waals surface area contributed by atoms with Gasteiger partial charge in [0.2, 0.25) is 0 Å². The number of ether oxygens (including phenoxy) is 2. The first-order valence-corrected chi connectivity index (χ1v) is 14.2. The molecule has 1 atom stereocenters. The summed E-state index contributed by atoms with van der Waals surface area (Å²) in [5.74, 6) is -2.40. The number of hydrogen-bond acceptors (Lipinski definition) is 10. The number of fused-ring (bicyclic) bond motifs is 1. The SMILES string of the molecule is CCOC(=O)C1=C(C)NC(CSCCN2C(=O)c3ccccc3C2=O)=C(C(=O)OCC)C1c1cccc([N+](=O)[O-])c1. The highest BCUT2D eigenvalue weighted by molar-refractivity contribution is 7.99. The molecule has 214 valence electrons. The fourth-order valence-electron chi connectivity index (χ4n) is 4.86. The van der Waals surface area contributed by atoms with Gasteiger partial charge in [0.1, 0.15) is 0 Å². The number of nitrogens with zero attached hydrogens (tertiary/aromatic N) is 2. The maximum atomic E-state index is 13.4. The minimum Gasteiger partial charge on any atom is -0.463 e. The molecule has 0 radical (unpaired) electrons. The zero-order valence-electron chi connectivity index (χ0n) is 22.8. The second-order valence-electron chi connectivity index (χ2n) is 9.14. The van der Waals surface area contributed by atoms with Gasteiger partial charge in [-0.3, -0.25) is 24.6 Å². The van der Waals surface area contributed by atoms with Crippen LogP contribution in [0.25, 0.3) is 0 Å². The molecule has 0 bridgehead atoms. The van der Waals surface area contributed by atoms with Crippen LogP contribution in [-0.4, -0.2) is 64.8 Å². The molecule has 12 heteroatoms. The number of rotatable bonds is 11. The van der Waals surface area contributed by atoms with Gasteiger partial charge < -0.3 is 14.8 Å².